The second-order valence-electron chi connectivity index (χ2n) is 3.03. The Morgan fingerprint density at radius 1 is 1.42 bits per heavy atom. The topological polar surface area (TPSA) is 20.2 Å². The molecule has 1 rings (SSSR count). The Morgan fingerprint density at radius 3 is 2.67 bits per heavy atom. The van der Waals surface area contributed by atoms with E-state index in [9.17, 15) is 5.11 Å². The molecule has 1 aromatic carbocycles. The molecule has 0 heterocycles. The SMILES string of the molecule is Cc1ccc(C)c([C@H](O)CCl)c1. The Labute approximate surface area is 78.0 Å². The predicted molar refractivity (Wildman–Crippen MR) is 51.6 cm³/mol. The van der Waals surface area contributed by atoms with Crippen molar-refractivity contribution >= 4 is 11.6 Å². The van der Waals surface area contributed by atoms with Gasteiger partial charge in [-0.1, -0.05) is 23.8 Å². The summed E-state index contributed by atoms with van der Waals surface area (Å²) < 4.78 is 0. The van der Waals surface area contributed by atoms with Crippen molar-refractivity contribution < 1.29 is 5.11 Å². The summed E-state index contributed by atoms with van der Waals surface area (Å²) in [6.07, 6.45) is -0.536. The van der Waals surface area contributed by atoms with Gasteiger partial charge in [-0.25, -0.2) is 0 Å². The molecule has 0 unspecified atom stereocenters. The van der Waals surface area contributed by atoms with Crippen molar-refractivity contribution in [2.45, 2.75) is 20.0 Å². The maximum absolute atomic E-state index is 9.50. The summed E-state index contributed by atoms with van der Waals surface area (Å²) in [5, 5.41) is 9.50. The number of aliphatic hydroxyl groups excluding tert-OH is 1. The third-order valence-corrected chi connectivity index (χ3v) is 2.23. The van der Waals surface area contributed by atoms with Gasteiger partial charge in [0.2, 0.25) is 0 Å². The van der Waals surface area contributed by atoms with E-state index in [1.54, 1.807) is 0 Å². The lowest BCUT2D eigenvalue weighted by Gasteiger charge is -2.11. The van der Waals surface area contributed by atoms with Crippen LogP contribution in [0.5, 0.6) is 0 Å². The lowest BCUT2D eigenvalue weighted by molar-refractivity contribution is 0.202. The molecule has 2 heteroatoms. The summed E-state index contributed by atoms with van der Waals surface area (Å²) in [6, 6.07) is 6.00. The van der Waals surface area contributed by atoms with E-state index in [1.165, 1.54) is 0 Å². The fourth-order valence-corrected chi connectivity index (χ4v) is 1.37. The predicted octanol–water partition coefficient (Wildman–Crippen LogP) is 2.58. The van der Waals surface area contributed by atoms with E-state index in [0.29, 0.717) is 0 Å². The van der Waals surface area contributed by atoms with E-state index in [1.807, 2.05) is 32.0 Å². The lowest BCUT2D eigenvalue weighted by atomic mass is 10.0. The van der Waals surface area contributed by atoms with Gasteiger partial charge in [0.1, 0.15) is 0 Å². The van der Waals surface area contributed by atoms with Crippen LogP contribution in [0, 0.1) is 13.8 Å². The van der Waals surface area contributed by atoms with E-state index in [0.717, 1.165) is 16.7 Å². The first-order valence-electron chi connectivity index (χ1n) is 3.96. The summed E-state index contributed by atoms with van der Waals surface area (Å²) in [5.41, 5.74) is 3.18. The number of rotatable bonds is 2. The van der Waals surface area contributed by atoms with E-state index in [4.69, 9.17) is 11.6 Å². The Hall–Kier alpha value is -0.530. The summed E-state index contributed by atoms with van der Waals surface area (Å²) in [5.74, 6) is 0.254. The van der Waals surface area contributed by atoms with Gasteiger partial charge in [-0.2, -0.15) is 0 Å². The van der Waals surface area contributed by atoms with Crippen molar-refractivity contribution in [3.05, 3.63) is 34.9 Å². The quantitative estimate of drug-likeness (QED) is 0.701. The highest BCUT2D eigenvalue weighted by molar-refractivity contribution is 6.18. The van der Waals surface area contributed by atoms with Gasteiger partial charge in [-0.15, -0.1) is 11.6 Å². The fourth-order valence-electron chi connectivity index (χ4n) is 1.20. The minimum Gasteiger partial charge on any atom is -0.387 e. The van der Waals surface area contributed by atoms with Crippen LogP contribution in [0.1, 0.15) is 22.8 Å². The van der Waals surface area contributed by atoms with Gasteiger partial charge >= 0.3 is 0 Å². The van der Waals surface area contributed by atoms with E-state index in [-0.39, 0.29) is 5.88 Å². The zero-order valence-electron chi connectivity index (χ0n) is 7.34. The molecule has 0 aromatic heterocycles. The molecule has 0 aliphatic rings. The molecule has 0 aliphatic heterocycles. The third-order valence-electron chi connectivity index (χ3n) is 1.94. The number of alkyl halides is 1. The largest absolute Gasteiger partial charge is 0.387 e. The Morgan fingerprint density at radius 2 is 2.08 bits per heavy atom. The molecular weight excluding hydrogens is 172 g/mol. The van der Waals surface area contributed by atoms with Crippen LogP contribution >= 0.6 is 11.6 Å². The first-order chi connectivity index (χ1) is 5.65. The number of hydrogen-bond acceptors (Lipinski definition) is 1. The zero-order chi connectivity index (χ0) is 9.14. The van der Waals surface area contributed by atoms with Gasteiger partial charge in [-0.3, -0.25) is 0 Å². The second-order valence-corrected chi connectivity index (χ2v) is 3.34. The summed E-state index contributed by atoms with van der Waals surface area (Å²) in [6.45, 7) is 3.98. The summed E-state index contributed by atoms with van der Waals surface area (Å²) >= 11 is 5.56. The maximum atomic E-state index is 9.50. The van der Waals surface area contributed by atoms with Crippen LogP contribution < -0.4 is 0 Å². The maximum Gasteiger partial charge on any atom is 0.0927 e. The van der Waals surface area contributed by atoms with E-state index < -0.39 is 6.10 Å². The first-order valence-corrected chi connectivity index (χ1v) is 4.49. The summed E-state index contributed by atoms with van der Waals surface area (Å²) in [4.78, 5) is 0. The molecule has 0 spiro atoms. The number of aliphatic hydroxyl groups is 1. The van der Waals surface area contributed by atoms with Gasteiger partial charge < -0.3 is 5.11 Å². The molecule has 0 saturated carbocycles. The molecule has 0 amide bonds. The standard InChI is InChI=1S/C10H13ClO/c1-7-3-4-8(2)9(5-7)10(12)6-11/h3-5,10,12H,6H2,1-2H3/t10-/m1/s1. The summed E-state index contributed by atoms with van der Waals surface area (Å²) in [7, 11) is 0. The van der Waals surface area contributed by atoms with Crippen LogP contribution in [-0.2, 0) is 0 Å². The van der Waals surface area contributed by atoms with Crippen LogP contribution in [0.3, 0.4) is 0 Å². The Bertz CT molecular complexity index is 271. The number of hydrogen-bond donors (Lipinski definition) is 1. The number of halogens is 1. The second kappa shape index (κ2) is 3.92. The molecule has 1 nitrogen and oxygen atoms in total. The minimum atomic E-state index is -0.536. The van der Waals surface area contributed by atoms with E-state index in [2.05, 4.69) is 0 Å². The van der Waals surface area contributed by atoms with Crippen molar-refractivity contribution in [2.24, 2.45) is 0 Å². The fraction of sp³-hybridized carbons (Fsp3) is 0.400. The van der Waals surface area contributed by atoms with Crippen molar-refractivity contribution in [3.8, 4) is 0 Å². The highest BCUT2D eigenvalue weighted by Crippen LogP contribution is 2.19. The molecule has 12 heavy (non-hydrogen) atoms. The van der Waals surface area contributed by atoms with Gasteiger partial charge in [-0.05, 0) is 25.0 Å². The number of aryl methyl sites for hydroxylation is 2. The van der Waals surface area contributed by atoms with Crippen molar-refractivity contribution in [1.29, 1.82) is 0 Å². The monoisotopic (exact) mass is 184 g/mol. The molecule has 0 fully saturated rings. The van der Waals surface area contributed by atoms with Gasteiger partial charge in [0.05, 0.1) is 12.0 Å². The van der Waals surface area contributed by atoms with Gasteiger partial charge in [0.15, 0.2) is 0 Å². The van der Waals surface area contributed by atoms with Crippen LogP contribution in [0.25, 0.3) is 0 Å². The normalized spacial score (nSPS) is 13.0. The molecule has 1 N–H and O–H groups in total. The van der Waals surface area contributed by atoms with Crippen LogP contribution in [0.2, 0.25) is 0 Å². The van der Waals surface area contributed by atoms with Gasteiger partial charge in [0.25, 0.3) is 0 Å². The highest BCUT2D eigenvalue weighted by Gasteiger charge is 2.08. The molecular formula is C10H13ClO. The van der Waals surface area contributed by atoms with Crippen LogP contribution in [0.4, 0.5) is 0 Å². The Kier molecular flexibility index (Phi) is 3.12. The molecule has 1 atom stereocenters. The lowest BCUT2D eigenvalue weighted by Crippen LogP contribution is -2.01. The first kappa shape index (κ1) is 9.56. The number of benzene rings is 1. The average Bonchev–Trinajstić information content (AvgIpc) is 2.08. The molecule has 0 bridgehead atoms. The highest BCUT2D eigenvalue weighted by atomic mass is 35.5. The van der Waals surface area contributed by atoms with Crippen molar-refractivity contribution in [3.63, 3.8) is 0 Å². The van der Waals surface area contributed by atoms with Gasteiger partial charge in [0, 0.05) is 0 Å². The van der Waals surface area contributed by atoms with Crippen LogP contribution in [-0.4, -0.2) is 11.0 Å². The zero-order valence-corrected chi connectivity index (χ0v) is 8.10. The average molecular weight is 185 g/mol. The molecule has 0 radical (unpaired) electrons. The molecule has 1 aromatic rings. The van der Waals surface area contributed by atoms with Crippen molar-refractivity contribution in [2.75, 3.05) is 5.88 Å². The molecule has 66 valence electrons. The van der Waals surface area contributed by atoms with Crippen LogP contribution in [0.15, 0.2) is 18.2 Å². The molecule has 0 aliphatic carbocycles. The van der Waals surface area contributed by atoms with E-state index >= 15 is 0 Å². The minimum absolute atomic E-state index is 0.254. The molecule has 0 saturated heterocycles. The van der Waals surface area contributed by atoms with Crippen molar-refractivity contribution in [1.82, 2.24) is 0 Å². The Balaban J connectivity index is 3.04. The third kappa shape index (κ3) is 1.99. The smallest absolute Gasteiger partial charge is 0.0927 e.